The van der Waals surface area contributed by atoms with E-state index in [1.807, 2.05) is 12.2 Å². The van der Waals surface area contributed by atoms with E-state index in [4.69, 9.17) is 5.11 Å². The molecule has 84 valence electrons. The smallest absolute Gasteiger partial charge is 0.303 e. The lowest BCUT2D eigenvalue weighted by molar-refractivity contribution is -0.138. The number of rotatable bonds is 5. The van der Waals surface area contributed by atoms with Gasteiger partial charge in [0.25, 0.3) is 0 Å². The molecule has 1 aliphatic carbocycles. The molecular formula is C12H18O3. The molecule has 1 rings (SSSR count). The molecule has 0 aliphatic heterocycles. The number of allylic oxidation sites excluding steroid dienone is 4. The number of carbonyl (C=O) groups is 1. The molecule has 0 spiro atoms. The highest BCUT2D eigenvalue weighted by Gasteiger charge is 2.30. The van der Waals surface area contributed by atoms with E-state index in [0.717, 1.165) is 12.8 Å². The minimum absolute atomic E-state index is 0.00361. The molecule has 2 N–H and O–H groups in total. The Labute approximate surface area is 90.1 Å². The molecule has 0 fully saturated rings. The summed E-state index contributed by atoms with van der Waals surface area (Å²) in [7, 11) is 0. The summed E-state index contributed by atoms with van der Waals surface area (Å²) in [6.45, 7) is 2.05. The molecule has 2 atom stereocenters. The van der Waals surface area contributed by atoms with Crippen LogP contribution in [0.4, 0.5) is 0 Å². The van der Waals surface area contributed by atoms with Crippen LogP contribution in [-0.2, 0) is 4.79 Å². The maximum atomic E-state index is 10.6. The van der Waals surface area contributed by atoms with Gasteiger partial charge in [-0.15, -0.1) is 0 Å². The molecule has 0 bridgehead atoms. The van der Waals surface area contributed by atoms with Gasteiger partial charge in [-0.05, 0) is 31.3 Å². The summed E-state index contributed by atoms with van der Waals surface area (Å²) in [5.41, 5.74) is 0. The van der Waals surface area contributed by atoms with Gasteiger partial charge in [-0.3, -0.25) is 4.79 Å². The van der Waals surface area contributed by atoms with Crippen LogP contribution in [0.25, 0.3) is 0 Å². The highest BCUT2D eigenvalue weighted by atomic mass is 16.4. The molecular weight excluding hydrogens is 192 g/mol. The third-order valence-electron chi connectivity index (χ3n) is 2.81. The van der Waals surface area contributed by atoms with E-state index in [2.05, 4.69) is 6.92 Å². The zero-order valence-electron chi connectivity index (χ0n) is 9.02. The zero-order valence-corrected chi connectivity index (χ0v) is 9.02. The maximum Gasteiger partial charge on any atom is 0.303 e. The van der Waals surface area contributed by atoms with Crippen LogP contribution in [0.3, 0.4) is 0 Å². The largest absolute Gasteiger partial charge is 0.512 e. The van der Waals surface area contributed by atoms with Crippen LogP contribution in [0, 0.1) is 11.8 Å². The highest BCUT2D eigenvalue weighted by molar-refractivity contribution is 5.67. The lowest BCUT2D eigenvalue weighted by Crippen LogP contribution is -2.15. The van der Waals surface area contributed by atoms with E-state index in [1.165, 1.54) is 0 Å². The third-order valence-corrected chi connectivity index (χ3v) is 2.81. The summed E-state index contributed by atoms with van der Waals surface area (Å²) in [5, 5.41) is 18.3. The van der Waals surface area contributed by atoms with Gasteiger partial charge in [-0.2, -0.15) is 0 Å². The summed E-state index contributed by atoms with van der Waals surface area (Å²) < 4.78 is 0. The molecule has 0 saturated carbocycles. The van der Waals surface area contributed by atoms with Gasteiger partial charge in [0.15, 0.2) is 0 Å². The maximum absolute atomic E-state index is 10.6. The van der Waals surface area contributed by atoms with Gasteiger partial charge in [0.2, 0.25) is 0 Å². The van der Waals surface area contributed by atoms with Crippen molar-refractivity contribution in [1.29, 1.82) is 0 Å². The number of carboxylic acids is 1. The second-order valence-electron chi connectivity index (χ2n) is 3.94. The predicted octanol–water partition coefficient (Wildman–Crippen LogP) is 2.90. The van der Waals surface area contributed by atoms with Gasteiger partial charge in [-0.1, -0.05) is 19.1 Å². The molecule has 3 nitrogen and oxygen atoms in total. The molecule has 0 aromatic heterocycles. The first-order chi connectivity index (χ1) is 7.15. The Hall–Kier alpha value is -1.25. The highest BCUT2D eigenvalue weighted by Crippen LogP contribution is 2.35. The van der Waals surface area contributed by atoms with Crippen molar-refractivity contribution in [2.24, 2.45) is 11.8 Å². The summed E-state index contributed by atoms with van der Waals surface area (Å²) in [6.07, 6.45) is 8.36. The number of hydrogen-bond donors (Lipinski definition) is 2. The van der Waals surface area contributed by atoms with E-state index in [0.29, 0.717) is 12.2 Å². The minimum atomic E-state index is -0.785. The first-order valence-corrected chi connectivity index (χ1v) is 5.41. The van der Waals surface area contributed by atoms with Gasteiger partial charge in [-0.25, -0.2) is 0 Å². The zero-order chi connectivity index (χ0) is 11.3. The molecule has 15 heavy (non-hydrogen) atoms. The second kappa shape index (κ2) is 5.59. The van der Waals surface area contributed by atoms with Crippen LogP contribution in [-0.4, -0.2) is 16.2 Å². The van der Waals surface area contributed by atoms with Crippen molar-refractivity contribution >= 4 is 5.97 Å². The van der Waals surface area contributed by atoms with E-state index < -0.39 is 5.97 Å². The van der Waals surface area contributed by atoms with Crippen molar-refractivity contribution in [2.45, 2.75) is 32.6 Å². The molecule has 0 aromatic rings. The van der Waals surface area contributed by atoms with Crippen LogP contribution in [0.5, 0.6) is 0 Å². The first kappa shape index (κ1) is 11.8. The predicted molar refractivity (Wildman–Crippen MR) is 58.6 cm³/mol. The SMILES string of the molecule is CC/C=C\CC1C(O)=CCC1CC(=O)O. The summed E-state index contributed by atoms with van der Waals surface area (Å²) in [4.78, 5) is 10.6. The first-order valence-electron chi connectivity index (χ1n) is 5.41. The standard InChI is InChI=1S/C12H18O3/c1-2-3-4-5-10-9(8-12(14)15)6-7-11(10)13/h3-4,7,9-10,13H,2,5-6,8H2,1H3,(H,14,15)/b4-3-. The van der Waals surface area contributed by atoms with Crippen LogP contribution in [0.15, 0.2) is 24.0 Å². The average Bonchev–Trinajstić information content (AvgIpc) is 2.49. The summed E-state index contributed by atoms with van der Waals surface area (Å²) in [6, 6.07) is 0. The Kier molecular flexibility index (Phi) is 4.40. The fourth-order valence-electron chi connectivity index (χ4n) is 2.00. The normalized spacial score (nSPS) is 25.8. The van der Waals surface area contributed by atoms with Gasteiger partial charge in [0, 0.05) is 12.3 Å². The van der Waals surface area contributed by atoms with Crippen molar-refractivity contribution in [1.82, 2.24) is 0 Å². The van der Waals surface area contributed by atoms with Crippen LogP contribution in [0.1, 0.15) is 32.6 Å². The monoisotopic (exact) mass is 210 g/mol. The number of hydrogen-bond acceptors (Lipinski definition) is 2. The van der Waals surface area contributed by atoms with Gasteiger partial charge < -0.3 is 10.2 Å². The molecule has 1 aliphatic rings. The lowest BCUT2D eigenvalue weighted by atomic mass is 9.89. The van der Waals surface area contributed by atoms with E-state index in [-0.39, 0.29) is 18.3 Å². The fourth-order valence-corrected chi connectivity index (χ4v) is 2.00. The Balaban J connectivity index is 2.52. The molecule has 0 radical (unpaired) electrons. The number of aliphatic hydroxyl groups excluding tert-OH is 1. The minimum Gasteiger partial charge on any atom is -0.512 e. The van der Waals surface area contributed by atoms with Crippen molar-refractivity contribution in [2.75, 3.05) is 0 Å². The van der Waals surface area contributed by atoms with Gasteiger partial charge >= 0.3 is 5.97 Å². The molecule has 0 amide bonds. The molecule has 0 saturated heterocycles. The Morgan fingerprint density at radius 2 is 2.33 bits per heavy atom. The van der Waals surface area contributed by atoms with Gasteiger partial charge in [0.1, 0.15) is 0 Å². The van der Waals surface area contributed by atoms with Crippen LogP contribution < -0.4 is 0 Å². The third kappa shape index (κ3) is 3.42. The molecule has 2 unspecified atom stereocenters. The van der Waals surface area contributed by atoms with Crippen LogP contribution in [0.2, 0.25) is 0 Å². The summed E-state index contributed by atoms with van der Waals surface area (Å²) >= 11 is 0. The second-order valence-corrected chi connectivity index (χ2v) is 3.94. The van der Waals surface area contributed by atoms with Crippen molar-refractivity contribution in [3.8, 4) is 0 Å². The summed E-state index contributed by atoms with van der Waals surface area (Å²) in [5.74, 6) is -0.359. The van der Waals surface area contributed by atoms with E-state index >= 15 is 0 Å². The fraction of sp³-hybridized carbons (Fsp3) is 0.583. The van der Waals surface area contributed by atoms with Crippen molar-refractivity contribution in [3.63, 3.8) is 0 Å². The van der Waals surface area contributed by atoms with Gasteiger partial charge in [0.05, 0.1) is 5.76 Å². The number of aliphatic hydroxyl groups is 1. The van der Waals surface area contributed by atoms with Crippen LogP contribution >= 0.6 is 0 Å². The molecule has 0 aromatic carbocycles. The Morgan fingerprint density at radius 1 is 1.60 bits per heavy atom. The number of aliphatic carboxylic acids is 1. The average molecular weight is 210 g/mol. The Bertz CT molecular complexity index is 279. The van der Waals surface area contributed by atoms with Crippen molar-refractivity contribution < 1.29 is 15.0 Å². The number of carboxylic acid groups (broad SMARTS) is 1. The quantitative estimate of drug-likeness (QED) is 0.686. The molecule has 0 heterocycles. The van der Waals surface area contributed by atoms with E-state index in [9.17, 15) is 9.90 Å². The Morgan fingerprint density at radius 3 is 2.93 bits per heavy atom. The topological polar surface area (TPSA) is 57.5 Å². The van der Waals surface area contributed by atoms with E-state index in [1.54, 1.807) is 6.08 Å². The van der Waals surface area contributed by atoms with Crippen molar-refractivity contribution in [3.05, 3.63) is 24.0 Å². The molecule has 3 heteroatoms. The lowest BCUT2D eigenvalue weighted by Gasteiger charge is -2.17.